The lowest BCUT2D eigenvalue weighted by atomic mass is 9.95. The minimum absolute atomic E-state index is 0.0380. The number of Topliss-reactive ketones (excluding diaryl/α,β-unsaturated/α-hetero) is 1. The first-order valence-corrected chi connectivity index (χ1v) is 11.0. The average molecular weight is 478 g/mol. The van der Waals surface area contributed by atoms with Crippen LogP contribution in [0, 0.1) is 17.2 Å². The van der Waals surface area contributed by atoms with E-state index in [2.05, 4.69) is 10.4 Å². The standard InChI is InChI=1S/C27H18N4O5/c28-14-20(26(33)29-17-7-3-1-4-8-17)25(32)23-21-15-36-22-12-11-16(27(34)35)13-19(22)24(21)31(30-23)18-9-5-2-6-10-18/h1-13,20H,15H2,(H,29,33)(H,34,35). The molecular weight excluding hydrogens is 460 g/mol. The normalized spacial score (nSPS) is 12.3. The molecule has 0 bridgehead atoms. The van der Waals surface area contributed by atoms with E-state index in [1.54, 1.807) is 66.7 Å². The molecule has 4 aromatic rings. The van der Waals surface area contributed by atoms with Gasteiger partial charge in [-0.05, 0) is 42.5 Å². The van der Waals surface area contributed by atoms with Crippen LogP contribution in [0.15, 0.2) is 78.9 Å². The number of ether oxygens (including phenoxy) is 1. The summed E-state index contributed by atoms with van der Waals surface area (Å²) in [5, 5.41) is 26.3. The van der Waals surface area contributed by atoms with Crippen LogP contribution in [0.2, 0.25) is 0 Å². The van der Waals surface area contributed by atoms with Gasteiger partial charge < -0.3 is 15.2 Å². The molecule has 1 atom stereocenters. The zero-order chi connectivity index (χ0) is 25.2. The summed E-state index contributed by atoms with van der Waals surface area (Å²) in [6.45, 7) is -0.0406. The van der Waals surface area contributed by atoms with Crippen molar-refractivity contribution in [2.75, 3.05) is 5.32 Å². The molecule has 5 rings (SSSR count). The molecule has 1 aromatic heterocycles. The van der Waals surface area contributed by atoms with Crippen LogP contribution in [0.25, 0.3) is 16.9 Å². The van der Waals surface area contributed by atoms with Crippen molar-refractivity contribution in [1.29, 1.82) is 5.26 Å². The molecule has 1 amide bonds. The zero-order valence-electron chi connectivity index (χ0n) is 18.7. The van der Waals surface area contributed by atoms with Gasteiger partial charge in [-0.15, -0.1) is 0 Å². The number of amides is 1. The number of carboxylic acid groups (broad SMARTS) is 1. The number of carbonyl (C=O) groups excluding carboxylic acids is 2. The van der Waals surface area contributed by atoms with Crippen LogP contribution in [0.1, 0.15) is 26.4 Å². The summed E-state index contributed by atoms with van der Waals surface area (Å²) in [6, 6.07) is 23.7. The van der Waals surface area contributed by atoms with Gasteiger partial charge in [0, 0.05) is 16.8 Å². The van der Waals surface area contributed by atoms with Crippen molar-refractivity contribution in [2.45, 2.75) is 6.61 Å². The highest BCUT2D eigenvalue weighted by molar-refractivity contribution is 6.16. The fraction of sp³-hybridized carbons (Fsp3) is 0.0741. The Balaban J connectivity index is 1.62. The number of hydrogen-bond donors (Lipinski definition) is 2. The highest BCUT2D eigenvalue weighted by Crippen LogP contribution is 2.41. The van der Waals surface area contributed by atoms with E-state index in [0.717, 1.165) is 0 Å². The Morgan fingerprint density at radius 1 is 1.03 bits per heavy atom. The van der Waals surface area contributed by atoms with Crippen LogP contribution in [0.5, 0.6) is 5.75 Å². The molecule has 3 aromatic carbocycles. The fourth-order valence-corrected chi connectivity index (χ4v) is 4.05. The summed E-state index contributed by atoms with van der Waals surface area (Å²) in [7, 11) is 0. The molecular formula is C27H18N4O5. The number of anilines is 1. The lowest BCUT2D eigenvalue weighted by Gasteiger charge is -2.20. The molecule has 9 heteroatoms. The minimum Gasteiger partial charge on any atom is -0.488 e. The third kappa shape index (κ3) is 3.97. The number of ketones is 1. The number of carboxylic acids is 1. The SMILES string of the molecule is N#CC(C(=O)Nc1ccccc1)C(=O)c1nn(-c2ccccc2)c2c1COc1ccc(C(=O)O)cc1-2. The number of rotatable bonds is 6. The minimum atomic E-state index is -1.65. The predicted octanol–water partition coefficient (Wildman–Crippen LogP) is 4.09. The van der Waals surface area contributed by atoms with Gasteiger partial charge in [-0.3, -0.25) is 9.59 Å². The van der Waals surface area contributed by atoms with Gasteiger partial charge >= 0.3 is 5.97 Å². The summed E-state index contributed by atoms with van der Waals surface area (Å²) in [5.74, 6) is -3.89. The second-order valence-corrected chi connectivity index (χ2v) is 8.01. The molecule has 1 aliphatic heterocycles. The third-order valence-electron chi connectivity index (χ3n) is 5.77. The van der Waals surface area contributed by atoms with Gasteiger partial charge in [0.2, 0.25) is 11.7 Å². The fourth-order valence-electron chi connectivity index (χ4n) is 4.05. The van der Waals surface area contributed by atoms with Crippen molar-refractivity contribution in [1.82, 2.24) is 9.78 Å². The Morgan fingerprint density at radius 3 is 2.39 bits per heavy atom. The second-order valence-electron chi connectivity index (χ2n) is 8.01. The highest BCUT2D eigenvalue weighted by atomic mass is 16.5. The molecule has 1 aliphatic rings. The van der Waals surface area contributed by atoms with E-state index in [0.29, 0.717) is 33.9 Å². The van der Waals surface area contributed by atoms with E-state index >= 15 is 0 Å². The Morgan fingerprint density at radius 2 is 1.72 bits per heavy atom. The molecule has 1 unspecified atom stereocenters. The van der Waals surface area contributed by atoms with E-state index in [4.69, 9.17) is 4.74 Å². The first-order valence-electron chi connectivity index (χ1n) is 11.0. The molecule has 0 fully saturated rings. The molecule has 0 saturated carbocycles. The quantitative estimate of drug-likeness (QED) is 0.315. The number of aromatic carboxylic acids is 1. The van der Waals surface area contributed by atoms with Crippen LogP contribution in [-0.2, 0) is 11.4 Å². The number of nitrogens with one attached hydrogen (secondary N) is 1. The van der Waals surface area contributed by atoms with Gasteiger partial charge in [0.25, 0.3) is 0 Å². The van der Waals surface area contributed by atoms with E-state index in [1.165, 1.54) is 16.8 Å². The van der Waals surface area contributed by atoms with Crippen molar-refractivity contribution >= 4 is 23.3 Å². The molecule has 2 N–H and O–H groups in total. The van der Waals surface area contributed by atoms with Gasteiger partial charge in [-0.2, -0.15) is 10.4 Å². The lowest BCUT2D eigenvalue weighted by molar-refractivity contribution is -0.117. The van der Waals surface area contributed by atoms with E-state index < -0.39 is 23.6 Å². The van der Waals surface area contributed by atoms with E-state index in [-0.39, 0.29) is 17.9 Å². The lowest BCUT2D eigenvalue weighted by Crippen LogP contribution is -2.29. The summed E-state index contributed by atoms with van der Waals surface area (Å²) in [5.41, 5.74) is 2.29. The molecule has 0 spiro atoms. The summed E-state index contributed by atoms with van der Waals surface area (Å²) in [4.78, 5) is 38.0. The number of nitriles is 1. The van der Waals surface area contributed by atoms with Crippen LogP contribution < -0.4 is 10.1 Å². The molecule has 0 radical (unpaired) electrons. The number of nitrogens with zero attached hydrogens (tertiary/aromatic N) is 3. The van der Waals surface area contributed by atoms with Gasteiger partial charge in [-0.1, -0.05) is 36.4 Å². The number of fused-ring (bicyclic) bond motifs is 3. The Hall–Kier alpha value is -5.23. The van der Waals surface area contributed by atoms with Crippen LogP contribution in [0.4, 0.5) is 5.69 Å². The molecule has 0 aliphatic carbocycles. The van der Waals surface area contributed by atoms with Crippen molar-refractivity contribution < 1.29 is 24.2 Å². The number of para-hydroxylation sites is 2. The van der Waals surface area contributed by atoms with Crippen LogP contribution >= 0.6 is 0 Å². The van der Waals surface area contributed by atoms with Crippen molar-refractivity contribution in [3.8, 4) is 28.8 Å². The van der Waals surface area contributed by atoms with Crippen molar-refractivity contribution in [2.24, 2.45) is 5.92 Å². The van der Waals surface area contributed by atoms with Crippen molar-refractivity contribution in [3.05, 3.63) is 95.7 Å². The van der Waals surface area contributed by atoms with E-state index in [1.807, 2.05) is 6.07 Å². The van der Waals surface area contributed by atoms with Crippen LogP contribution in [0.3, 0.4) is 0 Å². The summed E-state index contributed by atoms with van der Waals surface area (Å²) < 4.78 is 7.33. The summed E-state index contributed by atoms with van der Waals surface area (Å²) in [6.07, 6.45) is 0. The number of hydrogen-bond acceptors (Lipinski definition) is 6. The van der Waals surface area contributed by atoms with Gasteiger partial charge in [0.1, 0.15) is 18.1 Å². The highest BCUT2D eigenvalue weighted by Gasteiger charge is 2.36. The summed E-state index contributed by atoms with van der Waals surface area (Å²) >= 11 is 0. The Labute approximate surface area is 205 Å². The van der Waals surface area contributed by atoms with E-state index in [9.17, 15) is 24.8 Å². The number of benzene rings is 3. The maximum atomic E-state index is 13.5. The van der Waals surface area contributed by atoms with Gasteiger partial charge in [-0.25, -0.2) is 9.48 Å². The number of carbonyl (C=O) groups is 3. The Kier molecular flexibility index (Phi) is 5.76. The molecule has 2 heterocycles. The monoisotopic (exact) mass is 478 g/mol. The topological polar surface area (TPSA) is 134 Å². The van der Waals surface area contributed by atoms with Gasteiger partial charge in [0.05, 0.1) is 23.0 Å². The largest absolute Gasteiger partial charge is 0.488 e. The first-order chi connectivity index (χ1) is 17.5. The maximum Gasteiger partial charge on any atom is 0.335 e. The zero-order valence-corrected chi connectivity index (χ0v) is 18.7. The first kappa shape index (κ1) is 22.6. The molecule has 0 saturated heterocycles. The van der Waals surface area contributed by atoms with Crippen LogP contribution in [-0.4, -0.2) is 32.5 Å². The molecule has 9 nitrogen and oxygen atoms in total. The molecule has 36 heavy (non-hydrogen) atoms. The smallest absolute Gasteiger partial charge is 0.335 e. The molecule has 176 valence electrons. The maximum absolute atomic E-state index is 13.5. The Bertz CT molecular complexity index is 1540. The second kappa shape index (κ2) is 9.19. The average Bonchev–Trinajstić information content (AvgIpc) is 3.30. The van der Waals surface area contributed by atoms with Gasteiger partial charge in [0.15, 0.2) is 5.92 Å². The predicted molar refractivity (Wildman–Crippen MR) is 129 cm³/mol. The number of aromatic nitrogens is 2. The third-order valence-corrected chi connectivity index (χ3v) is 5.77. The van der Waals surface area contributed by atoms with Crippen molar-refractivity contribution in [3.63, 3.8) is 0 Å².